The molecule has 2 heteroatoms. The Morgan fingerprint density at radius 3 is 1.82 bits per heavy atom. The van der Waals surface area contributed by atoms with E-state index in [2.05, 4.69) is 193 Å². The van der Waals surface area contributed by atoms with Crippen molar-refractivity contribution in [2.75, 3.05) is 0 Å². The van der Waals surface area contributed by atoms with E-state index in [0.717, 1.165) is 29.8 Å². The Kier molecular flexibility index (Phi) is 7.71. The van der Waals surface area contributed by atoms with Crippen LogP contribution in [-0.2, 0) is 6.42 Å². The predicted octanol–water partition coefficient (Wildman–Crippen LogP) is 13.2. The normalized spacial score (nSPS) is 12.6. The molecule has 51 heavy (non-hydrogen) atoms. The molecule has 0 atom stereocenters. The Bertz CT molecular complexity index is 2610. The van der Waals surface area contributed by atoms with Crippen molar-refractivity contribution in [2.24, 2.45) is 0 Å². The average Bonchev–Trinajstić information content (AvgIpc) is 3.70. The number of allylic oxidation sites excluding steroid dienone is 2. The van der Waals surface area contributed by atoms with Gasteiger partial charge in [0.2, 0.25) is 0 Å². The minimum Gasteiger partial charge on any atom is -0.313 e. The van der Waals surface area contributed by atoms with Gasteiger partial charge in [0.25, 0.3) is 0 Å². The lowest BCUT2D eigenvalue weighted by Crippen LogP contribution is -2.02. The zero-order valence-corrected chi connectivity index (χ0v) is 28.8. The second-order valence-electron chi connectivity index (χ2n) is 13.2. The summed E-state index contributed by atoms with van der Waals surface area (Å²) < 4.78 is 4.89. The topological polar surface area (TPSA) is 9.86 Å². The first-order chi connectivity index (χ1) is 25.2. The van der Waals surface area contributed by atoms with Gasteiger partial charge in [-0.05, 0) is 90.1 Å². The van der Waals surface area contributed by atoms with Crippen LogP contribution in [-0.4, -0.2) is 9.13 Å². The van der Waals surface area contributed by atoms with Gasteiger partial charge in [-0.25, -0.2) is 0 Å². The minimum absolute atomic E-state index is 1.02. The number of fused-ring (bicyclic) bond motifs is 4. The quantitative estimate of drug-likeness (QED) is 0.162. The Morgan fingerprint density at radius 2 is 1.20 bits per heavy atom. The van der Waals surface area contributed by atoms with Crippen LogP contribution in [0.25, 0.3) is 84.8 Å². The highest BCUT2D eigenvalue weighted by atomic mass is 15.0. The van der Waals surface area contributed by atoms with Crippen LogP contribution in [0.2, 0.25) is 0 Å². The zero-order chi connectivity index (χ0) is 34.3. The molecule has 0 fully saturated rings. The largest absolute Gasteiger partial charge is 0.313 e. The third kappa shape index (κ3) is 5.19. The van der Waals surface area contributed by atoms with Crippen molar-refractivity contribution in [2.45, 2.75) is 19.8 Å². The molecule has 6 aromatic carbocycles. The van der Waals surface area contributed by atoms with E-state index in [4.69, 9.17) is 0 Å². The SMILES string of the molecule is C=Cc1c(/C=C\C)n(-c2ccc(-c3ccccc3)cc2)c2c(-c3ccc4c(c3)c3c(n4-c4ccc(-c5ccccc5)cc4)CCC=C3)cccc12. The van der Waals surface area contributed by atoms with E-state index in [-0.39, 0.29) is 0 Å². The van der Waals surface area contributed by atoms with Gasteiger partial charge >= 0.3 is 0 Å². The number of hydrogen-bond acceptors (Lipinski definition) is 0. The minimum atomic E-state index is 1.02. The number of para-hydroxylation sites is 1. The van der Waals surface area contributed by atoms with E-state index in [0.29, 0.717) is 0 Å². The number of hydrogen-bond donors (Lipinski definition) is 0. The first kappa shape index (κ1) is 30.7. The summed E-state index contributed by atoms with van der Waals surface area (Å²) >= 11 is 0. The zero-order valence-electron chi connectivity index (χ0n) is 28.8. The summed E-state index contributed by atoms with van der Waals surface area (Å²) in [6.45, 7) is 6.35. The first-order valence-corrected chi connectivity index (χ1v) is 17.8. The van der Waals surface area contributed by atoms with E-state index < -0.39 is 0 Å². The molecule has 1 aliphatic rings. The average molecular weight is 655 g/mol. The van der Waals surface area contributed by atoms with Crippen LogP contribution in [0.1, 0.15) is 35.9 Å². The van der Waals surface area contributed by atoms with Gasteiger partial charge < -0.3 is 9.13 Å². The summed E-state index contributed by atoms with van der Waals surface area (Å²) in [4.78, 5) is 0. The van der Waals surface area contributed by atoms with Crippen molar-refractivity contribution in [1.82, 2.24) is 9.13 Å². The van der Waals surface area contributed by atoms with Crippen LogP contribution in [0.4, 0.5) is 0 Å². The van der Waals surface area contributed by atoms with Gasteiger partial charge in [0.1, 0.15) is 0 Å². The van der Waals surface area contributed by atoms with Crippen molar-refractivity contribution in [3.63, 3.8) is 0 Å². The smallest absolute Gasteiger partial charge is 0.0619 e. The van der Waals surface area contributed by atoms with Crippen molar-refractivity contribution in [1.29, 1.82) is 0 Å². The molecule has 0 N–H and O–H groups in total. The standard InChI is InChI=1S/C49H38N2/c1-3-14-46-41(4-2)44-21-13-20-42(49(44)51(46)40-30-25-37(26-31-40)35-17-9-6-10-18-35)38-27-32-48-45(33-38)43-19-11-12-22-47(43)50(48)39-28-23-36(24-29-39)34-15-7-5-8-16-34/h3-11,13-21,23-33H,2,12,22H2,1H3/b14-3-. The summed E-state index contributed by atoms with van der Waals surface area (Å²) in [6, 6.07) is 52.9. The maximum absolute atomic E-state index is 4.27. The fourth-order valence-electron chi connectivity index (χ4n) is 7.97. The molecular formula is C49H38N2. The molecule has 2 heterocycles. The van der Waals surface area contributed by atoms with Gasteiger partial charge in [-0.3, -0.25) is 0 Å². The van der Waals surface area contributed by atoms with Gasteiger partial charge in [-0.2, -0.15) is 0 Å². The van der Waals surface area contributed by atoms with Crippen LogP contribution in [0, 0.1) is 0 Å². The number of benzene rings is 6. The van der Waals surface area contributed by atoms with E-state index in [1.165, 1.54) is 72.1 Å². The molecule has 2 aromatic heterocycles. The van der Waals surface area contributed by atoms with E-state index in [1.807, 2.05) is 6.08 Å². The molecule has 0 amide bonds. The van der Waals surface area contributed by atoms with Crippen LogP contribution in [0.3, 0.4) is 0 Å². The van der Waals surface area contributed by atoms with Gasteiger partial charge in [0.05, 0.1) is 16.7 Å². The van der Waals surface area contributed by atoms with Gasteiger partial charge in [0.15, 0.2) is 0 Å². The van der Waals surface area contributed by atoms with Crippen molar-refractivity contribution in [3.8, 4) is 44.8 Å². The van der Waals surface area contributed by atoms with Crippen LogP contribution in [0.5, 0.6) is 0 Å². The molecule has 0 saturated carbocycles. The molecule has 9 rings (SSSR count). The molecule has 0 radical (unpaired) electrons. The molecule has 2 nitrogen and oxygen atoms in total. The predicted molar refractivity (Wildman–Crippen MR) is 219 cm³/mol. The fraction of sp³-hybridized carbons (Fsp3) is 0.0612. The lowest BCUT2D eigenvalue weighted by Gasteiger charge is -2.14. The fourth-order valence-corrected chi connectivity index (χ4v) is 7.97. The molecule has 8 aromatic rings. The highest BCUT2D eigenvalue weighted by Gasteiger charge is 2.22. The maximum atomic E-state index is 4.27. The molecule has 1 aliphatic carbocycles. The summed E-state index contributed by atoms with van der Waals surface area (Å²) in [5.74, 6) is 0. The number of nitrogens with zero attached hydrogens (tertiary/aromatic N) is 2. The summed E-state index contributed by atoms with van der Waals surface area (Å²) in [7, 11) is 0. The number of rotatable bonds is 7. The van der Waals surface area contributed by atoms with Crippen molar-refractivity contribution < 1.29 is 0 Å². The second-order valence-corrected chi connectivity index (χ2v) is 13.2. The Hall–Kier alpha value is -6.38. The molecular weight excluding hydrogens is 617 g/mol. The number of aromatic nitrogens is 2. The Labute approximate surface area is 299 Å². The second kappa shape index (κ2) is 12.8. The van der Waals surface area contributed by atoms with Gasteiger partial charge in [0, 0.05) is 44.5 Å². The van der Waals surface area contributed by atoms with Crippen LogP contribution >= 0.6 is 0 Å². The van der Waals surface area contributed by atoms with E-state index >= 15 is 0 Å². The monoisotopic (exact) mass is 654 g/mol. The maximum Gasteiger partial charge on any atom is 0.0619 e. The van der Waals surface area contributed by atoms with Crippen LogP contribution in [0.15, 0.2) is 164 Å². The first-order valence-electron chi connectivity index (χ1n) is 17.8. The third-order valence-corrected chi connectivity index (χ3v) is 10.3. The Balaban J connectivity index is 1.22. The van der Waals surface area contributed by atoms with Gasteiger partial charge in [-0.1, -0.05) is 140 Å². The highest BCUT2D eigenvalue weighted by Crippen LogP contribution is 2.41. The third-order valence-electron chi connectivity index (χ3n) is 10.3. The van der Waals surface area contributed by atoms with Crippen molar-refractivity contribution in [3.05, 3.63) is 187 Å². The molecule has 0 spiro atoms. The lowest BCUT2D eigenvalue weighted by atomic mass is 9.97. The summed E-state index contributed by atoms with van der Waals surface area (Å²) in [5.41, 5.74) is 17.0. The van der Waals surface area contributed by atoms with Gasteiger partial charge in [-0.15, -0.1) is 0 Å². The lowest BCUT2D eigenvalue weighted by molar-refractivity contribution is 0.888. The van der Waals surface area contributed by atoms with Crippen molar-refractivity contribution >= 4 is 40.0 Å². The van der Waals surface area contributed by atoms with E-state index in [9.17, 15) is 0 Å². The summed E-state index contributed by atoms with van der Waals surface area (Å²) in [5, 5.41) is 2.48. The molecule has 0 bridgehead atoms. The van der Waals surface area contributed by atoms with E-state index in [1.54, 1.807) is 0 Å². The highest BCUT2D eigenvalue weighted by molar-refractivity contribution is 6.05. The molecule has 0 unspecified atom stereocenters. The molecule has 244 valence electrons. The molecule has 0 aliphatic heterocycles. The Morgan fingerprint density at radius 1 is 0.588 bits per heavy atom. The molecule has 0 saturated heterocycles. The summed E-state index contributed by atoms with van der Waals surface area (Å²) in [6.07, 6.45) is 13.0. The van der Waals surface area contributed by atoms with Crippen LogP contribution < -0.4 is 0 Å².